The van der Waals surface area contributed by atoms with Crippen LogP contribution >= 0.6 is 23.2 Å². The summed E-state index contributed by atoms with van der Waals surface area (Å²) in [6.45, 7) is 4.65. The number of ether oxygens (including phenoxy) is 1. The number of rotatable bonds is 3. The Morgan fingerprint density at radius 1 is 1.13 bits per heavy atom. The molecule has 3 amide bonds. The first-order valence-electron chi connectivity index (χ1n) is 6.32. The molecule has 0 bridgehead atoms. The topological polar surface area (TPSA) is 122 Å². The molecule has 126 valence electrons. The van der Waals surface area contributed by atoms with Crippen LogP contribution in [-0.2, 0) is 9.53 Å². The molecule has 0 aliphatic heterocycles. The van der Waals surface area contributed by atoms with Crippen LogP contribution in [0.1, 0.15) is 31.1 Å². The number of hydrogen-bond donors (Lipinski definition) is 3. The fourth-order valence-corrected chi connectivity index (χ4v) is 1.72. The molecule has 0 unspecified atom stereocenters. The van der Waals surface area contributed by atoms with Gasteiger partial charge in [-0.05, 0) is 20.8 Å². The minimum absolute atomic E-state index is 0.163. The van der Waals surface area contributed by atoms with Gasteiger partial charge in [0.1, 0.15) is 34.3 Å². The zero-order valence-electron chi connectivity index (χ0n) is 12.6. The van der Waals surface area contributed by atoms with E-state index in [1.165, 1.54) is 0 Å². The van der Waals surface area contributed by atoms with Gasteiger partial charge in [0.15, 0.2) is 0 Å². The number of alkyl carbamates (subject to hydrolysis) is 1. The van der Waals surface area contributed by atoms with E-state index in [2.05, 4.69) is 26.1 Å². The molecule has 0 atom stereocenters. The van der Waals surface area contributed by atoms with Crippen molar-refractivity contribution >= 4 is 41.1 Å². The minimum atomic E-state index is -0.800. The lowest BCUT2D eigenvalue weighted by atomic mass is 10.2. The number of carbonyl (C=O) groups excluding carboxylic acids is 3. The number of aromatic nitrogens is 2. The van der Waals surface area contributed by atoms with Gasteiger partial charge in [0.25, 0.3) is 11.8 Å². The summed E-state index contributed by atoms with van der Waals surface area (Å²) < 4.78 is 4.95. The Hall–Kier alpha value is -2.13. The molecule has 9 nitrogen and oxygen atoms in total. The highest BCUT2D eigenvalue weighted by Crippen LogP contribution is 2.18. The third-order valence-corrected chi connectivity index (χ3v) is 2.66. The Bertz CT molecular complexity index is 598. The monoisotopic (exact) mass is 363 g/mol. The summed E-state index contributed by atoms with van der Waals surface area (Å²) in [6.07, 6.45) is 0.326. The summed E-state index contributed by atoms with van der Waals surface area (Å²) in [5.41, 5.74) is 3.28. The van der Waals surface area contributed by atoms with E-state index in [4.69, 9.17) is 27.9 Å². The van der Waals surface area contributed by atoms with Gasteiger partial charge in [0.2, 0.25) is 0 Å². The highest BCUT2D eigenvalue weighted by Gasteiger charge is 2.19. The maximum Gasteiger partial charge on any atom is 0.408 e. The normalized spacial score (nSPS) is 10.7. The van der Waals surface area contributed by atoms with E-state index in [0.717, 1.165) is 6.33 Å². The maximum atomic E-state index is 11.8. The quantitative estimate of drug-likeness (QED) is 0.545. The number of hydrazine groups is 1. The predicted molar refractivity (Wildman–Crippen MR) is 81.9 cm³/mol. The molecule has 0 aliphatic carbocycles. The lowest BCUT2D eigenvalue weighted by Gasteiger charge is -2.19. The third-order valence-electron chi connectivity index (χ3n) is 2.09. The van der Waals surface area contributed by atoms with E-state index in [0.29, 0.717) is 0 Å². The molecule has 0 aromatic carbocycles. The van der Waals surface area contributed by atoms with E-state index >= 15 is 0 Å². The number of carbonyl (C=O) groups is 3. The van der Waals surface area contributed by atoms with Crippen LogP contribution in [0.2, 0.25) is 10.3 Å². The van der Waals surface area contributed by atoms with Crippen LogP contribution in [0.15, 0.2) is 6.33 Å². The second kappa shape index (κ2) is 7.93. The van der Waals surface area contributed by atoms with Gasteiger partial charge in [-0.15, -0.1) is 0 Å². The van der Waals surface area contributed by atoms with Crippen molar-refractivity contribution in [2.45, 2.75) is 26.4 Å². The lowest BCUT2D eigenvalue weighted by molar-refractivity contribution is -0.121. The zero-order valence-corrected chi connectivity index (χ0v) is 14.1. The van der Waals surface area contributed by atoms with Crippen LogP contribution in [-0.4, -0.2) is 40.0 Å². The van der Waals surface area contributed by atoms with Gasteiger partial charge in [-0.3, -0.25) is 20.4 Å². The second-order valence-corrected chi connectivity index (χ2v) is 5.90. The molecule has 23 heavy (non-hydrogen) atoms. The van der Waals surface area contributed by atoms with Gasteiger partial charge < -0.3 is 10.1 Å². The van der Waals surface area contributed by atoms with Gasteiger partial charge in [-0.25, -0.2) is 14.8 Å². The first-order chi connectivity index (χ1) is 10.6. The maximum absolute atomic E-state index is 11.8. The average Bonchev–Trinajstić information content (AvgIpc) is 2.41. The van der Waals surface area contributed by atoms with E-state index in [1.807, 2.05) is 0 Å². The van der Waals surface area contributed by atoms with Crippen molar-refractivity contribution in [2.75, 3.05) is 6.54 Å². The standard InChI is InChI=1S/C12H15Cl2N5O4/c1-12(2,3)23-11(22)15-4-6(20)18-19-10(21)7-8(13)16-5-17-9(7)14/h5H,4H2,1-3H3,(H,15,22)(H,18,20)(H,19,21). The van der Waals surface area contributed by atoms with Crippen molar-refractivity contribution in [3.8, 4) is 0 Å². The van der Waals surface area contributed by atoms with Crippen molar-refractivity contribution in [1.29, 1.82) is 0 Å². The lowest BCUT2D eigenvalue weighted by Crippen LogP contribution is -2.47. The molecule has 11 heteroatoms. The third kappa shape index (κ3) is 6.66. The van der Waals surface area contributed by atoms with Crippen molar-refractivity contribution in [3.63, 3.8) is 0 Å². The van der Waals surface area contributed by atoms with Crippen LogP contribution < -0.4 is 16.2 Å². The van der Waals surface area contributed by atoms with Crippen LogP contribution in [0.5, 0.6) is 0 Å². The van der Waals surface area contributed by atoms with Crippen molar-refractivity contribution in [1.82, 2.24) is 26.1 Å². The Morgan fingerprint density at radius 2 is 1.70 bits per heavy atom. The van der Waals surface area contributed by atoms with Gasteiger partial charge in [-0.2, -0.15) is 0 Å². The fourth-order valence-electron chi connectivity index (χ4n) is 1.23. The molecule has 1 aromatic heterocycles. The average molecular weight is 364 g/mol. The smallest absolute Gasteiger partial charge is 0.408 e. The molecule has 1 aromatic rings. The SMILES string of the molecule is CC(C)(C)OC(=O)NCC(=O)NNC(=O)c1c(Cl)ncnc1Cl. The molecule has 0 fully saturated rings. The molecule has 0 radical (unpaired) electrons. The Kier molecular flexibility index (Phi) is 6.52. The first kappa shape index (κ1) is 18.9. The van der Waals surface area contributed by atoms with E-state index in [1.54, 1.807) is 20.8 Å². The van der Waals surface area contributed by atoms with Crippen molar-refractivity contribution in [3.05, 3.63) is 22.2 Å². The summed E-state index contributed by atoms with van der Waals surface area (Å²) >= 11 is 11.4. The summed E-state index contributed by atoms with van der Waals surface area (Å²) in [4.78, 5) is 41.9. The molecule has 0 saturated carbocycles. The second-order valence-electron chi connectivity index (χ2n) is 5.19. The largest absolute Gasteiger partial charge is 0.444 e. The molecule has 1 rings (SSSR count). The van der Waals surface area contributed by atoms with Gasteiger partial charge in [0, 0.05) is 0 Å². The van der Waals surface area contributed by atoms with Gasteiger partial charge in [-0.1, -0.05) is 23.2 Å². The highest BCUT2D eigenvalue weighted by atomic mass is 35.5. The summed E-state index contributed by atoms with van der Waals surface area (Å²) in [6, 6.07) is 0. The number of amides is 3. The summed E-state index contributed by atoms with van der Waals surface area (Å²) in [5.74, 6) is -1.49. The fraction of sp³-hybridized carbons (Fsp3) is 0.417. The van der Waals surface area contributed by atoms with Crippen LogP contribution in [0.4, 0.5) is 4.79 Å². The van der Waals surface area contributed by atoms with Crippen molar-refractivity contribution in [2.24, 2.45) is 0 Å². The molecule has 1 heterocycles. The number of halogens is 2. The molecular weight excluding hydrogens is 349 g/mol. The molecule has 0 spiro atoms. The Labute approximate surface area is 142 Å². The highest BCUT2D eigenvalue weighted by molar-refractivity contribution is 6.38. The molecular formula is C12H15Cl2N5O4. The number of hydrogen-bond acceptors (Lipinski definition) is 6. The Balaban J connectivity index is 2.45. The van der Waals surface area contributed by atoms with Crippen LogP contribution in [0, 0.1) is 0 Å². The van der Waals surface area contributed by atoms with E-state index in [-0.39, 0.29) is 15.9 Å². The minimum Gasteiger partial charge on any atom is -0.444 e. The van der Waals surface area contributed by atoms with E-state index in [9.17, 15) is 14.4 Å². The van der Waals surface area contributed by atoms with Gasteiger partial charge in [0.05, 0.1) is 0 Å². The first-order valence-corrected chi connectivity index (χ1v) is 7.08. The van der Waals surface area contributed by atoms with E-state index < -0.39 is 30.1 Å². The van der Waals surface area contributed by atoms with Crippen molar-refractivity contribution < 1.29 is 19.1 Å². The number of nitrogens with zero attached hydrogens (tertiary/aromatic N) is 2. The molecule has 3 N–H and O–H groups in total. The summed E-state index contributed by atoms with van der Waals surface area (Å²) in [5, 5.41) is 1.90. The molecule has 0 saturated heterocycles. The Morgan fingerprint density at radius 3 is 2.22 bits per heavy atom. The van der Waals surface area contributed by atoms with Gasteiger partial charge >= 0.3 is 6.09 Å². The zero-order chi connectivity index (χ0) is 17.6. The number of nitrogens with one attached hydrogen (secondary N) is 3. The van der Waals surface area contributed by atoms with Crippen LogP contribution in [0.25, 0.3) is 0 Å². The molecule has 0 aliphatic rings. The predicted octanol–water partition coefficient (Wildman–Crippen LogP) is 1.07. The van der Waals surface area contributed by atoms with Crippen LogP contribution in [0.3, 0.4) is 0 Å². The summed E-state index contributed by atoms with van der Waals surface area (Å²) in [7, 11) is 0.